The Morgan fingerprint density at radius 1 is 1.71 bits per heavy atom. The lowest BCUT2D eigenvalue weighted by molar-refractivity contribution is -0.145. The molecule has 1 atom stereocenters. The van der Waals surface area contributed by atoms with Gasteiger partial charge in [0.2, 0.25) is 0 Å². The number of aromatic nitrogens is 2. The molecule has 14 heavy (non-hydrogen) atoms. The van der Waals surface area contributed by atoms with Gasteiger partial charge in [0.1, 0.15) is 0 Å². The zero-order valence-electron chi connectivity index (χ0n) is 8.49. The third-order valence-corrected chi connectivity index (χ3v) is 2.88. The van der Waals surface area contributed by atoms with Crippen molar-refractivity contribution in [1.82, 2.24) is 9.78 Å². The molecule has 0 saturated carbocycles. The Hall–Kier alpha value is -1.32. The number of aryl methyl sites for hydroxylation is 2. The fraction of sp³-hybridized carbons (Fsp3) is 0.600. The lowest BCUT2D eigenvalue weighted by atomic mass is 9.88. The quantitative estimate of drug-likeness (QED) is 0.618. The van der Waals surface area contributed by atoms with Gasteiger partial charge in [-0.1, -0.05) is 0 Å². The number of fused-ring (bicyclic) bond motifs is 1. The summed E-state index contributed by atoms with van der Waals surface area (Å²) < 4.78 is 6.60. The Bertz CT molecular complexity index is 357. The van der Waals surface area contributed by atoms with Crippen LogP contribution in [0.3, 0.4) is 0 Å². The van der Waals surface area contributed by atoms with Crippen LogP contribution in [0, 0.1) is 5.92 Å². The first-order valence-corrected chi connectivity index (χ1v) is 4.80. The Kier molecular flexibility index (Phi) is 2.27. The molecule has 1 aromatic rings. The van der Waals surface area contributed by atoms with E-state index in [1.54, 1.807) is 0 Å². The predicted molar refractivity (Wildman–Crippen MR) is 50.7 cm³/mol. The van der Waals surface area contributed by atoms with Crippen molar-refractivity contribution in [2.24, 2.45) is 13.0 Å². The Labute approximate surface area is 82.9 Å². The third kappa shape index (κ3) is 1.41. The van der Waals surface area contributed by atoms with Gasteiger partial charge in [-0.25, -0.2) is 0 Å². The van der Waals surface area contributed by atoms with E-state index < -0.39 is 0 Å². The molecule has 76 valence electrons. The average molecular weight is 194 g/mol. The number of esters is 1. The van der Waals surface area contributed by atoms with Gasteiger partial charge in [-0.15, -0.1) is 0 Å². The van der Waals surface area contributed by atoms with Crippen molar-refractivity contribution in [1.29, 1.82) is 0 Å². The smallest absolute Gasteiger partial charge is 0.309 e. The average Bonchev–Trinajstić information content (AvgIpc) is 2.59. The van der Waals surface area contributed by atoms with Gasteiger partial charge in [0.15, 0.2) is 0 Å². The molecule has 0 aliphatic heterocycles. The highest BCUT2D eigenvalue weighted by Crippen LogP contribution is 2.25. The number of carbonyl (C=O) groups is 1. The third-order valence-electron chi connectivity index (χ3n) is 2.88. The maximum Gasteiger partial charge on any atom is 0.309 e. The maximum atomic E-state index is 11.4. The number of carbonyl (C=O) groups excluding carboxylic acids is 1. The fourth-order valence-corrected chi connectivity index (χ4v) is 2.01. The van der Waals surface area contributed by atoms with Gasteiger partial charge in [-0.3, -0.25) is 9.48 Å². The molecule has 2 rings (SSSR count). The van der Waals surface area contributed by atoms with Crippen LogP contribution in [-0.4, -0.2) is 22.9 Å². The monoisotopic (exact) mass is 194 g/mol. The first-order chi connectivity index (χ1) is 6.72. The van der Waals surface area contributed by atoms with Crippen LogP contribution in [-0.2, 0) is 29.4 Å². The second kappa shape index (κ2) is 3.44. The lowest BCUT2D eigenvalue weighted by Crippen LogP contribution is -2.24. The van der Waals surface area contributed by atoms with Crippen molar-refractivity contribution in [3.8, 4) is 0 Å². The normalized spacial score (nSPS) is 20.3. The van der Waals surface area contributed by atoms with Crippen molar-refractivity contribution in [2.45, 2.75) is 19.3 Å². The second-order valence-corrected chi connectivity index (χ2v) is 3.70. The number of hydrogen-bond donors (Lipinski definition) is 0. The van der Waals surface area contributed by atoms with E-state index in [9.17, 15) is 4.79 Å². The summed E-state index contributed by atoms with van der Waals surface area (Å²) >= 11 is 0. The highest BCUT2D eigenvalue weighted by atomic mass is 16.5. The van der Waals surface area contributed by atoms with Crippen LogP contribution < -0.4 is 0 Å². The molecular weight excluding hydrogens is 180 g/mol. The predicted octanol–water partition coefficient (Wildman–Crippen LogP) is 0.698. The van der Waals surface area contributed by atoms with Crippen LogP contribution in [0.2, 0.25) is 0 Å². The minimum absolute atomic E-state index is 0.0166. The molecule has 0 saturated heterocycles. The van der Waals surface area contributed by atoms with E-state index in [2.05, 4.69) is 5.10 Å². The molecule has 0 amide bonds. The summed E-state index contributed by atoms with van der Waals surface area (Å²) in [6.07, 6.45) is 4.47. The van der Waals surface area contributed by atoms with Crippen molar-refractivity contribution in [3.05, 3.63) is 17.5 Å². The molecule has 0 fully saturated rings. The van der Waals surface area contributed by atoms with Crippen LogP contribution in [0.25, 0.3) is 0 Å². The summed E-state index contributed by atoms with van der Waals surface area (Å²) in [4.78, 5) is 11.4. The van der Waals surface area contributed by atoms with Gasteiger partial charge in [0, 0.05) is 19.2 Å². The molecule has 1 unspecified atom stereocenters. The van der Waals surface area contributed by atoms with Crippen LogP contribution >= 0.6 is 0 Å². The van der Waals surface area contributed by atoms with Gasteiger partial charge >= 0.3 is 5.97 Å². The minimum atomic E-state index is -0.100. The van der Waals surface area contributed by atoms with E-state index in [1.807, 2.05) is 17.9 Å². The van der Waals surface area contributed by atoms with Crippen LogP contribution in [0.4, 0.5) is 0 Å². The van der Waals surface area contributed by atoms with Crippen molar-refractivity contribution >= 4 is 5.97 Å². The summed E-state index contributed by atoms with van der Waals surface area (Å²) in [6.45, 7) is 0. The molecule has 1 heterocycles. The number of ether oxygens (including phenoxy) is 1. The van der Waals surface area contributed by atoms with Crippen molar-refractivity contribution in [2.75, 3.05) is 7.11 Å². The fourth-order valence-electron chi connectivity index (χ4n) is 2.01. The van der Waals surface area contributed by atoms with E-state index >= 15 is 0 Å². The topological polar surface area (TPSA) is 44.1 Å². The summed E-state index contributed by atoms with van der Waals surface area (Å²) in [5.74, 6) is -0.0836. The molecule has 0 radical (unpaired) electrons. The molecule has 1 aliphatic carbocycles. The summed E-state index contributed by atoms with van der Waals surface area (Å²) in [6, 6.07) is 0. The number of methoxy groups -OCH3 is 1. The zero-order valence-corrected chi connectivity index (χ0v) is 8.49. The first-order valence-electron chi connectivity index (χ1n) is 4.80. The molecule has 0 N–H and O–H groups in total. The SMILES string of the molecule is COC(=O)C1CCc2cnn(C)c2C1. The van der Waals surface area contributed by atoms with Crippen LogP contribution in [0.1, 0.15) is 17.7 Å². The molecule has 0 spiro atoms. The van der Waals surface area contributed by atoms with Crippen molar-refractivity contribution in [3.63, 3.8) is 0 Å². The van der Waals surface area contributed by atoms with Crippen LogP contribution in [0.15, 0.2) is 6.20 Å². The molecule has 4 heteroatoms. The number of nitrogens with zero attached hydrogens (tertiary/aromatic N) is 2. The number of rotatable bonds is 1. The number of hydrogen-bond acceptors (Lipinski definition) is 3. The second-order valence-electron chi connectivity index (χ2n) is 3.70. The van der Waals surface area contributed by atoms with Gasteiger partial charge in [-0.2, -0.15) is 5.10 Å². The lowest BCUT2D eigenvalue weighted by Gasteiger charge is -2.20. The van der Waals surface area contributed by atoms with Crippen LogP contribution in [0.5, 0.6) is 0 Å². The Balaban J connectivity index is 2.20. The van der Waals surface area contributed by atoms with E-state index in [0.717, 1.165) is 19.3 Å². The van der Waals surface area contributed by atoms with Gasteiger partial charge < -0.3 is 4.74 Å². The van der Waals surface area contributed by atoms with E-state index in [-0.39, 0.29) is 11.9 Å². The van der Waals surface area contributed by atoms with Gasteiger partial charge in [0.05, 0.1) is 19.2 Å². The molecule has 0 aromatic carbocycles. The summed E-state index contributed by atoms with van der Waals surface area (Å²) in [7, 11) is 3.36. The van der Waals surface area contributed by atoms with E-state index in [0.29, 0.717) is 0 Å². The Morgan fingerprint density at radius 3 is 3.21 bits per heavy atom. The van der Waals surface area contributed by atoms with Gasteiger partial charge in [0.25, 0.3) is 0 Å². The van der Waals surface area contributed by atoms with Gasteiger partial charge in [-0.05, 0) is 18.4 Å². The molecule has 1 aromatic heterocycles. The molecule has 4 nitrogen and oxygen atoms in total. The molecule has 1 aliphatic rings. The first kappa shape index (κ1) is 9.24. The Morgan fingerprint density at radius 2 is 2.50 bits per heavy atom. The van der Waals surface area contributed by atoms with E-state index in [4.69, 9.17) is 4.74 Å². The van der Waals surface area contributed by atoms with E-state index in [1.165, 1.54) is 18.4 Å². The molecular formula is C10H14N2O2. The standard InChI is InChI=1S/C10H14N2O2/c1-12-9-5-7(10(13)14-2)3-4-8(9)6-11-12/h6-7H,3-5H2,1-2H3. The zero-order chi connectivity index (χ0) is 10.1. The minimum Gasteiger partial charge on any atom is -0.469 e. The largest absolute Gasteiger partial charge is 0.469 e. The highest BCUT2D eigenvalue weighted by molar-refractivity contribution is 5.73. The summed E-state index contributed by atoms with van der Waals surface area (Å²) in [5.41, 5.74) is 2.44. The molecule has 0 bridgehead atoms. The highest BCUT2D eigenvalue weighted by Gasteiger charge is 2.27. The summed E-state index contributed by atoms with van der Waals surface area (Å²) in [5, 5.41) is 4.18. The van der Waals surface area contributed by atoms with Crippen molar-refractivity contribution < 1.29 is 9.53 Å². The maximum absolute atomic E-state index is 11.4.